The van der Waals surface area contributed by atoms with Crippen LogP contribution in [-0.2, 0) is 10.0 Å². The molecular formula is C5H5N5O2S2. The number of rotatable bonds is 3. The summed E-state index contributed by atoms with van der Waals surface area (Å²) in [6.07, 6.45) is 2.50. The summed E-state index contributed by atoms with van der Waals surface area (Å²) in [5.41, 5.74) is 1.44. The van der Waals surface area contributed by atoms with E-state index in [2.05, 4.69) is 24.9 Å². The molecule has 2 aromatic rings. The van der Waals surface area contributed by atoms with Crippen LogP contribution in [-0.4, -0.2) is 28.6 Å². The van der Waals surface area contributed by atoms with E-state index >= 15 is 0 Å². The Balaban J connectivity index is 2.27. The summed E-state index contributed by atoms with van der Waals surface area (Å²) in [5, 5.41) is 7.27. The third kappa shape index (κ3) is 1.72. The molecule has 0 unspecified atom stereocenters. The first-order chi connectivity index (χ1) is 6.68. The average molecular weight is 231 g/mol. The van der Waals surface area contributed by atoms with Crippen molar-refractivity contribution in [2.24, 2.45) is 0 Å². The Labute approximate surface area is 83.3 Å². The highest BCUT2D eigenvalue weighted by Crippen LogP contribution is 2.14. The van der Waals surface area contributed by atoms with Crippen LogP contribution in [0, 0.1) is 0 Å². The molecule has 0 saturated carbocycles. The van der Waals surface area contributed by atoms with E-state index in [9.17, 15) is 8.42 Å². The van der Waals surface area contributed by atoms with Crippen LogP contribution in [0.2, 0.25) is 0 Å². The van der Waals surface area contributed by atoms with E-state index in [0.29, 0.717) is 0 Å². The van der Waals surface area contributed by atoms with Crippen molar-refractivity contribution in [3.63, 3.8) is 0 Å². The Morgan fingerprint density at radius 3 is 2.93 bits per heavy atom. The van der Waals surface area contributed by atoms with E-state index in [4.69, 9.17) is 0 Å². The van der Waals surface area contributed by atoms with E-state index < -0.39 is 10.0 Å². The molecule has 7 nitrogen and oxygen atoms in total. The minimum atomic E-state index is -3.60. The van der Waals surface area contributed by atoms with E-state index in [1.165, 1.54) is 18.0 Å². The molecule has 0 amide bonds. The van der Waals surface area contributed by atoms with Crippen molar-refractivity contribution in [3.8, 4) is 0 Å². The molecule has 2 rings (SSSR count). The summed E-state index contributed by atoms with van der Waals surface area (Å²) < 4.78 is 25.3. The first-order valence-electron chi connectivity index (χ1n) is 3.46. The molecule has 2 N–H and O–H groups in total. The Kier molecular flexibility index (Phi) is 2.17. The fourth-order valence-electron chi connectivity index (χ4n) is 0.778. The standard InChI is InChI=1S/C5H5N5O2S2/c11-14(12,4-1-6-2-7-4)10-5-9-8-3-13-5/h1-3H,(H,6,7)(H,9,10). The minimum absolute atomic E-state index is 0.00676. The summed E-state index contributed by atoms with van der Waals surface area (Å²) in [5.74, 6) is 0. The van der Waals surface area contributed by atoms with Crippen molar-refractivity contribution in [1.82, 2.24) is 20.2 Å². The van der Waals surface area contributed by atoms with Crippen molar-refractivity contribution in [2.75, 3.05) is 4.72 Å². The van der Waals surface area contributed by atoms with Gasteiger partial charge in [-0.1, -0.05) is 11.3 Å². The highest BCUT2D eigenvalue weighted by atomic mass is 32.2. The Bertz CT molecular complexity index is 488. The van der Waals surface area contributed by atoms with Gasteiger partial charge in [0.25, 0.3) is 10.0 Å². The fourth-order valence-corrected chi connectivity index (χ4v) is 2.38. The number of nitrogens with zero attached hydrogens (tertiary/aromatic N) is 3. The molecule has 0 aliphatic rings. The zero-order valence-electron chi connectivity index (χ0n) is 6.71. The van der Waals surface area contributed by atoms with Crippen molar-refractivity contribution in [2.45, 2.75) is 5.03 Å². The number of hydrogen-bond donors (Lipinski definition) is 2. The predicted molar refractivity (Wildman–Crippen MR) is 49.3 cm³/mol. The van der Waals surface area contributed by atoms with Gasteiger partial charge in [-0.15, -0.1) is 10.2 Å². The van der Waals surface area contributed by atoms with Crippen LogP contribution in [0.1, 0.15) is 0 Å². The fraction of sp³-hybridized carbons (Fsp3) is 0. The van der Waals surface area contributed by atoms with Crippen LogP contribution in [0.5, 0.6) is 0 Å². The van der Waals surface area contributed by atoms with Gasteiger partial charge in [0.2, 0.25) is 5.13 Å². The lowest BCUT2D eigenvalue weighted by Crippen LogP contribution is -2.13. The molecule has 0 saturated heterocycles. The Morgan fingerprint density at radius 1 is 1.50 bits per heavy atom. The molecule has 9 heteroatoms. The molecular weight excluding hydrogens is 226 g/mol. The lowest BCUT2D eigenvalue weighted by Gasteiger charge is -1.99. The molecule has 2 aromatic heterocycles. The first-order valence-corrected chi connectivity index (χ1v) is 5.82. The van der Waals surface area contributed by atoms with Crippen molar-refractivity contribution < 1.29 is 8.42 Å². The molecule has 0 atom stereocenters. The van der Waals surface area contributed by atoms with Crippen LogP contribution in [0.4, 0.5) is 5.13 Å². The second kappa shape index (κ2) is 3.35. The second-order valence-corrected chi connectivity index (χ2v) is 4.75. The summed E-state index contributed by atoms with van der Waals surface area (Å²) in [6.45, 7) is 0. The second-order valence-electron chi connectivity index (χ2n) is 2.27. The molecule has 0 aliphatic carbocycles. The zero-order chi connectivity index (χ0) is 10.0. The molecule has 14 heavy (non-hydrogen) atoms. The van der Waals surface area contributed by atoms with Gasteiger partial charge in [-0.3, -0.25) is 4.72 Å². The maximum Gasteiger partial charge on any atom is 0.280 e. The Morgan fingerprint density at radius 2 is 2.36 bits per heavy atom. The van der Waals surface area contributed by atoms with E-state index in [1.807, 2.05) is 0 Å². The van der Waals surface area contributed by atoms with E-state index in [1.54, 1.807) is 0 Å². The van der Waals surface area contributed by atoms with Crippen molar-refractivity contribution in [1.29, 1.82) is 0 Å². The summed E-state index contributed by atoms with van der Waals surface area (Å²) in [6, 6.07) is 0. The van der Waals surface area contributed by atoms with Gasteiger partial charge in [0.1, 0.15) is 5.51 Å². The molecule has 74 valence electrons. The van der Waals surface area contributed by atoms with Crippen LogP contribution in [0.25, 0.3) is 0 Å². The summed E-state index contributed by atoms with van der Waals surface area (Å²) in [4.78, 5) is 6.10. The minimum Gasteiger partial charge on any atom is -0.334 e. The third-order valence-corrected chi connectivity index (χ3v) is 3.34. The van der Waals surface area contributed by atoms with Crippen molar-refractivity contribution >= 4 is 26.5 Å². The predicted octanol–water partition coefficient (Wildman–Crippen LogP) is 0.0620. The number of sulfonamides is 1. The number of nitrogens with one attached hydrogen (secondary N) is 2. The smallest absolute Gasteiger partial charge is 0.280 e. The lowest BCUT2D eigenvalue weighted by molar-refractivity contribution is 0.598. The lowest BCUT2D eigenvalue weighted by atomic mass is 11.0. The number of hydrogen-bond acceptors (Lipinski definition) is 6. The number of anilines is 1. The van der Waals surface area contributed by atoms with Crippen LogP contribution in [0.3, 0.4) is 0 Å². The highest BCUT2D eigenvalue weighted by Gasteiger charge is 2.16. The molecule has 0 spiro atoms. The maximum atomic E-state index is 11.5. The Hall–Kier alpha value is -1.48. The molecule has 0 aromatic carbocycles. The SMILES string of the molecule is O=S(=O)(Nc1nncs1)c1cnc[nH]1. The van der Waals surface area contributed by atoms with Gasteiger partial charge >= 0.3 is 0 Å². The number of imidazole rings is 1. The van der Waals surface area contributed by atoms with Gasteiger partial charge in [0.05, 0.1) is 12.5 Å². The largest absolute Gasteiger partial charge is 0.334 e. The highest BCUT2D eigenvalue weighted by molar-refractivity contribution is 7.92. The van der Waals surface area contributed by atoms with Crippen LogP contribution < -0.4 is 4.72 Å². The molecule has 0 bridgehead atoms. The number of aromatic amines is 1. The summed E-state index contributed by atoms with van der Waals surface area (Å²) >= 11 is 1.10. The van der Waals surface area contributed by atoms with Crippen LogP contribution in [0.15, 0.2) is 23.1 Å². The maximum absolute atomic E-state index is 11.5. The van der Waals surface area contributed by atoms with Gasteiger partial charge in [-0.05, 0) is 0 Å². The number of H-pyrrole nitrogens is 1. The van der Waals surface area contributed by atoms with Gasteiger partial charge in [0, 0.05) is 0 Å². The molecule has 0 radical (unpaired) electrons. The molecule has 2 heterocycles. The van der Waals surface area contributed by atoms with E-state index in [-0.39, 0.29) is 10.2 Å². The molecule has 0 fully saturated rings. The monoisotopic (exact) mass is 231 g/mol. The van der Waals surface area contributed by atoms with Gasteiger partial charge in [-0.25, -0.2) is 4.98 Å². The van der Waals surface area contributed by atoms with Gasteiger partial charge in [0.15, 0.2) is 5.03 Å². The average Bonchev–Trinajstić information content (AvgIpc) is 2.71. The van der Waals surface area contributed by atoms with Crippen molar-refractivity contribution in [3.05, 3.63) is 18.0 Å². The third-order valence-electron chi connectivity index (χ3n) is 1.34. The quantitative estimate of drug-likeness (QED) is 0.778. The van der Waals surface area contributed by atoms with Gasteiger partial charge < -0.3 is 4.98 Å². The summed E-state index contributed by atoms with van der Waals surface area (Å²) in [7, 11) is -3.60. The van der Waals surface area contributed by atoms with Gasteiger partial charge in [-0.2, -0.15) is 8.42 Å². The normalized spacial score (nSPS) is 11.4. The first kappa shape index (κ1) is 9.09. The van der Waals surface area contributed by atoms with Crippen LogP contribution >= 0.6 is 11.3 Å². The molecule has 0 aliphatic heterocycles. The van der Waals surface area contributed by atoms with E-state index in [0.717, 1.165) is 11.3 Å². The topological polar surface area (TPSA) is 101 Å². The number of aromatic nitrogens is 4. The zero-order valence-corrected chi connectivity index (χ0v) is 8.34.